The van der Waals surface area contributed by atoms with Crippen molar-refractivity contribution in [3.8, 4) is 0 Å². The smallest absolute Gasteiger partial charge is 0.361 e. The predicted octanol–water partition coefficient (Wildman–Crippen LogP) is 0.996. The van der Waals surface area contributed by atoms with E-state index in [1.54, 1.807) is 12.1 Å². The largest absolute Gasteiger partial charge is 0.369 e. The molecule has 0 saturated carbocycles. The van der Waals surface area contributed by atoms with E-state index in [0.29, 0.717) is 5.56 Å². The van der Waals surface area contributed by atoms with Gasteiger partial charge in [-0.1, -0.05) is 18.2 Å². The Kier molecular flexibility index (Phi) is 1.65. The van der Waals surface area contributed by atoms with Crippen molar-refractivity contribution in [2.24, 2.45) is 0 Å². The number of hydrogen-bond acceptors (Lipinski definition) is 1. The van der Waals surface area contributed by atoms with Crippen LogP contribution in [0.15, 0.2) is 30.3 Å². The Labute approximate surface area is 74.9 Å². The molecule has 0 bridgehead atoms. The average Bonchev–Trinajstić information content (AvgIpc) is 2.18. The van der Waals surface area contributed by atoms with Gasteiger partial charge in [0.25, 0.3) is 5.78 Å². The van der Waals surface area contributed by atoms with Crippen molar-refractivity contribution in [2.75, 3.05) is 0 Å². The summed E-state index contributed by atoms with van der Waals surface area (Å²) < 4.78 is 0. The number of benzene rings is 1. The Balaban J connectivity index is 2.74. The molecule has 0 amide bonds. The molecule has 1 aliphatic rings. The fourth-order valence-electron chi connectivity index (χ4n) is 1.26. The second kappa shape index (κ2) is 2.81. The molecule has 0 saturated heterocycles. The maximum absolute atomic E-state index is 11.2. The first kappa shape index (κ1) is 7.65. The number of carbonyl (C=O) groups excluding carboxylic acids is 1. The predicted molar refractivity (Wildman–Crippen MR) is 46.1 cm³/mol. The first-order valence-corrected chi connectivity index (χ1v) is 3.78. The van der Waals surface area contributed by atoms with Gasteiger partial charge < -0.3 is 5.53 Å². The Morgan fingerprint density at radius 3 is 2.85 bits per heavy atom. The van der Waals surface area contributed by atoms with Gasteiger partial charge in [0.05, 0.1) is 5.56 Å². The van der Waals surface area contributed by atoms with Gasteiger partial charge in [-0.3, -0.25) is 4.79 Å². The number of ketones is 1. The molecule has 3 heteroatoms. The van der Waals surface area contributed by atoms with Crippen molar-refractivity contribution in [3.63, 3.8) is 0 Å². The van der Waals surface area contributed by atoms with Crippen LogP contribution in [0.5, 0.6) is 0 Å². The summed E-state index contributed by atoms with van der Waals surface area (Å²) in [5.41, 5.74) is 10.1. The zero-order valence-electron chi connectivity index (χ0n) is 6.69. The molecule has 1 radical (unpaired) electrons. The molecular weight excluding hydrogens is 164 g/mol. The number of hydrogen-bond donors (Lipinski definition) is 0. The molecule has 0 spiro atoms. The molecule has 0 N–H and O–H groups in total. The summed E-state index contributed by atoms with van der Waals surface area (Å²) in [6.45, 7) is 0. The van der Waals surface area contributed by atoms with E-state index in [1.165, 1.54) is 6.08 Å². The molecule has 2 rings (SSSR count). The zero-order chi connectivity index (χ0) is 9.26. The number of allylic oxidation sites excluding steroid dienone is 1. The molecule has 61 valence electrons. The Bertz CT molecular complexity index is 454. The monoisotopic (exact) mass is 169 g/mol. The number of rotatable bonds is 0. The van der Waals surface area contributed by atoms with Crippen LogP contribution in [0, 0.1) is 6.08 Å². The summed E-state index contributed by atoms with van der Waals surface area (Å²) in [6.07, 6.45) is 4.09. The van der Waals surface area contributed by atoms with Crippen molar-refractivity contribution < 1.29 is 9.58 Å². The summed E-state index contributed by atoms with van der Waals surface area (Å²) >= 11 is 0. The van der Waals surface area contributed by atoms with E-state index < -0.39 is 0 Å². The van der Waals surface area contributed by atoms with E-state index in [9.17, 15) is 4.79 Å². The molecule has 0 atom stereocenters. The van der Waals surface area contributed by atoms with Crippen molar-refractivity contribution in [1.82, 2.24) is 0 Å². The highest BCUT2D eigenvalue weighted by Gasteiger charge is 2.25. The van der Waals surface area contributed by atoms with Crippen LogP contribution in [-0.4, -0.2) is 16.3 Å². The third-order valence-corrected chi connectivity index (χ3v) is 1.87. The van der Waals surface area contributed by atoms with Crippen LogP contribution in [0.25, 0.3) is 5.53 Å². The van der Waals surface area contributed by atoms with Gasteiger partial charge in [0.2, 0.25) is 0 Å². The van der Waals surface area contributed by atoms with Crippen molar-refractivity contribution in [2.45, 2.75) is 0 Å². The lowest BCUT2D eigenvalue weighted by Crippen LogP contribution is -2.18. The lowest BCUT2D eigenvalue weighted by Gasteiger charge is -2.02. The van der Waals surface area contributed by atoms with E-state index in [4.69, 9.17) is 5.53 Å². The molecule has 0 fully saturated rings. The van der Waals surface area contributed by atoms with Gasteiger partial charge in [0, 0.05) is 6.08 Å². The van der Waals surface area contributed by atoms with Gasteiger partial charge in [-0.25, -0.2) is 0 Å². The molecule has 0 aromatic heterocycles. The number of fused-ring (bicyclic) bond motifs is 1. The zero-order valence-corrected chi connectivity index (χ0v) is 6.69. The van der Waals surface area contributed by atoms with Crippen LogP contribution in [0.1, 0.15) is 11.1 Å². The van der Waals surface area contributed by atoms with E-state index in [0.717, 1.165) is 5.56 Å². The molecule has 1 aliphatic carbocycles. The van der Waals surface area contributed by atoms with Crippen LogP contribution in [0.3, 0.4) is 0 Å². The molecule has 0 aliphatic heterocycles. The Morgan fingerprint density at radius 1 is 1.31 bits per heavy atom. The van der Waals surface area contributed by atoms with Gasteiger partial charge in [-0.15, -0.1) is 0 Å². The van der Waals surface area contributed by atoms with Gasteiger partial charge >= 0.3 is 5.71 Å². The molecule has 13 heavy (non-hydrogen) atoms. The van der Waals surface area contributed by atoms with Crippen LogP contribution in [0.4, 0.5) is 0 Å². The normalized spacial score (nSPS) is 13.8. The molecule has 3 nitrogen and oxygen atoms in total. The van der Waals surface area contributed by atoms with Gasteiger partial charge in [0.1, 0.15) is 0 Å². The van der Waals surface area contributed by atoms with E-state index in [-0.39, 0.29) is 11.5 Å². The van der Waals surface area contributed by atoms with Crippen molar-refractivity contribution in [3.05, 3.63) is 53.1 Å². The first-order chi connectivity index (χ1) is 6.33. The summed E-state index contributed by atoms with van der Waals surface area (Å²) in [5.74, 6) is -0.318. The minimum Gasteiger partial charge on any atom is -0.361 e. The quantitative estimate of drug-likeness (QED) is 0.422. The molecule has 0 unspecified atom stereocenters. The second-order valence-corrected chi connectivity index (χ2v) is 2.65. The van der Waals surface area contributed by atoms with Crippen molar-refractivity contribution in [1.29, 1.82) is 0 Å². The van der Waals surface area contributed by atoms with E-state index in [1.807, 2.05) is 12.1 Å². The highest BCUT2D eigenvalue weighted by atomic mass is 16.1. The molecule has 1 aromatic carbocycles. The summed E-state index contributed by atoms with van der Waals surface area (Å²) in [6, 6.07) is 7.15. The number of nitrogens with zero attached hydrogens (tertiary/aromatic N) is 2. The minimum absolute atomic E-state index is 0.0781. The maximum atomic E-state index is 11.2. The summed E-state index contributed by atoms with van der Waals surface area (Å²) in [4.78, 5) is 14.1. The topological polar surface area (TPSA) is 53.5 Å². The first-order valence-electron chi connectivity index (χ1n) is 3.78. The fraction of sp³-hybridized carbons (Fsp3) is 0. The van der Waals surface area contributed by atoms with Gasteiger partial charge in [-0.05, 0) is 17.7 Å². The lowest BCUT2D eigenvalue weighted by molar-refractivity contribution is -0.113. The third-order valence-electron chi connectivity index (χ3n) is 1.87. The van der Waals surface area contributed by atoms with Gasteiger partial charge in [-0.2, -0.15) is 4.79 Å². The highest BCUT2D eigenvalue weighted by molar-refractivity contribution is 6.48. The SMILES string of the molecule is [N-]=[N+]=C1C(=O)C=[C]c2ccccc21. The molecule has 1 aromatic rings. The highest BCUT2D eigenvalue weighted by Crippen LogP contribution is 2.14. The van der Waals surface area contributed by atoms with Crippen LogP contribution >= 0.6 is 0 Å². The van der Waals surface area contributed by atoms with Gasteiger partial charge in [0.15, 0.2) is 0 Å². The van der Waals surface area contributed by atoms with Crippen LogP contribution in [-0.2, 0) is 4.79 Å². The standard InChI is InChI=1S/C10H5N2O/c11-12-10-8-4-2-1-3-7(8)5-6-9(10)13/h1-4,6H. The third kappa shape index (κ3) is 1.11. The lowest BCUT2D eigenvalue weighted by atomic mass is 9.95. The summed E-state index contributed by atoms with van der Waals surface area (Å²) in [7, 11) is 0. The second-order valence-electron chi connectivity index (χ2n) is 2.65. The maximum Gasteiger partial charge on any atom is 0.369 e. The van der Waals surface area contributed by atoms with Crippen LogP contribution < -0.4 is 0 Å². The molecule has 0 heterocycles. The minimum atomic E-state index is -0.318. The Hall–Kier alpha value is -1.99. The van der Waals surface area contributed by atoms with E-state index >= 15 is 0 Å². The van der Waals surface area contributed by atoms with E-state index in [2.05, 4.69) is 10.9 Å². The Morgan fingerprint density at radius 2 is 2.08 bits per heavy atom. The van der Waals surface area contributed by atoms with Crippen molar-refractivity contribution >= 4 is 11.5 Å². The number of carbonyl (C=O) groups is 1. The van der Waals surface area contributed by atoms with Crippen LogP contribution in [0.2, 0.25) is 0 Å². The summed E-state index contributed by atoms with van der Waals surface area (Å²) in [5, 5.41) is 0. The average molecular weight is 169 g/mol. The fourth-order valence-corrected chi connectivity index (χ4v) is 1.26. The molecular formula is C10H5N2O.